The number of Topliss-reactive ketones (excluding diaryl/α,β-unsaturated/α-hetero) is 1. The largest absolute Gasteiger partial charge is 0.454 e. The molecule has 1 aromatic heterocycles. The molecule has 28 heavy (non-hydrogen) atoms. The Hall–Kier alpha value is -2.71. The van der Waals surface area contributed by atoms with Gasteiger partial charge in [-0.05, 0) is 51.1 Å². The maximum absolute atomic E-state index is 12.4. The van der Waals surface area contributed by atoms with Gasteiger partial charge in [-0.25, -0.2) is 17.9 Å². The highest BCUT2D eigenvalue weighted by Gasteiger charge is 2.18. The SMILES string of the molecule is C=CCNS(=O)(=O)c1ccc(C(=O)OCC(=O)c2cc(C)n(CC)c2C)cc1. The minimum Gasteiger partial charge on any atom is -0.454 e. The van der Waals surface area contributed by atoms with E-state index in [2.05, 4.69) is 11.3 Å². The van der Waals surface area contributed by atoms with E-state index in [9.17, 15) is 18.0 Å². The zero-order chi connectivity index (χ0) is 20.9. The van der Waals surface area contributed by atoms with Gasteiger partial charge in [0.25, 0.3) is 0 Å². The summed E-state index contributed by atoms with van der Waals surface area (Å²) in [6.07, 6.45) is 1.43. The number of hydrogen-bond donors (Lipinski definition) is 1. The number of hydrogen-bond acceptors (Lipinski definition) is 5. The zero-order valence-electron chi connectivity index (χ0n) is 16.2. The predicted octanol–water partition coefficient (Wildman–Crippen LogP) is 2.63. The molecule has 0 bridgehead atoms. The Balaban J connectivity index is 2.03. The summed E-state index contributed by atoms with van der Waals surface area (Å²) >= 11 is 0. The molecule has 2 aromatic rings. The van der Waals surface area contributed by atoms with Gasteiger partial charge in [0.15, 0.2) is 6.61 Å². The number of nitrogens with zero attached hydrogens (tertiary/aromatic N) is 1. The molecule has 0 atom stereocenters. The first-order valence-corrected chi connectivity index (χ1v) is 10.3. The Morgan fingerprint density at radius 1 is 1.21 bits per heavy atom. The summed E-state index contributed by atoms with van der Waals surface area (Å²) in [6, 6.07) is 7.08. The first-order valence-electron chi connectivity index (χ1n) is 8.79. The molecule has 0 fully saturated rings. The van der Waals surface area contributed by atoms with Gasteiger partial charge in [-0.1, -0.05) is 6.08 Å². The van der Waals surface area contributed by atoms with Crippen LogP contribution in [0.15, 0.2) is 47.9 Å². The van der Waals surface area contributed by atoms with Gasteiger partial charge in [0.2, 0.25) is 15.8 Å². The van der Waals surface area contributed by atoms with Gasteiger partial charge in [0, 0.05) is 30.0 Å². The number of nitrogens with one attached hydrogen (secondary N) is 1. The van der Waals surface area contributed by atoms with Crippen LogP contribution in [0.25, 0.3) is 0 Å². The number of ether oxygens (including phenoxy) is 1. The van der Waals surface area contributed by atoms with E-state index in [0.717, 1.165) is 17.9 Å². The molecule has 1 aromatic carbocycles. The first kappa shape index (κ1) is 21.6. The van der Waals surface area contributed by atoms with Crippen molar-refractivity contribution in [2.45, 2.75) is 32.2 Å². The van der Waals surface area contributed by atoms with E-state index in [1.165, 1.54) is 30.3 Å². The lowest BCUT2D eigenvalue weighted by Crippen LogP contribution is -2.23. The third kappa shape index (κ3) is 4.76. The van der Waals surface area contributed by atoms with Gasteiger partial charge in [-0.15, -0.1) is 6.58 Å². The predicted molar refractivity (Wildman–Crippen MR) is 106 cm³/mol. The van der Waals surface area contributed by atoms with Gasteiger partial charge in [-0.2, -0.15) is 0 Å². The van der Waals surface area contributed by atoms with Gasteiger partial charge in [0.05, 0.1) is 10.5 Å². The summed E-state index contributed by atoms with van der Waals surface area (Å²) < 4.78 is 33.5. The number of aryl methyl sites for hydroxylation is 1. The van der Waals surface area contributed by atoms with E-state index in [1.54, 1.807) is 6.07 Å². The third-order valence-corrected chi connectivity index (χ3v) is 5.78. The topological polar surface area (TPSA) is 94.5 Å². The lowest BCUT2D eigenvalue weighted by atomic mass is 10.1. The number of sulfonamides is 1. The normalized spacial score (nSPS) is 11.2. The lowest BCUT2D eigenvalue weighted by molar-refractivity contribution is 0.0474. The van der Waals surface area contributed by atoms with E-state index < -0.39 is 16.0 Å². The van der Waals surface area contributed by atoms with Crippen LogP contribution >= 0.6 is 0 Å². The van der Waals surface area contributed by atoms with Crippen LogP contribution in [0.5, 0.6) is 0 Å². The summed E-state index contributed by atoms with van der Waals surface area (Å²) in [5.74, 6) is -0.977. The average molecular weight is 404 g/mol. The molecule has 0 saturated carbocycles. The van der Waals surface area contributed by atoms with Crippen molar-refractivity contribution in [1.82, 2.24) is 9.29 Å². The second kappa shape index (κ2) is 8.99. The second-order valence-corrected chi connectivity index (χ2v) is 7.96. The molecule has 0 saturated heterocycles. The highest BCUT2D eigenvalue weighted by atomic mass is 32.2. The van der Waals surface area contributed by atoms with Crippen LogP contribution in [0.3, 0.4) is 0 Å². The molecule has 1 N–H and O–H groups in total. The van der Waals surface area contributed by atoms with Crippen molar-refractivity contribution in [3.8, 4) is 0 Å². The molecule has 0 aliphatic rings. The average Bonchev–Trinajstić information content (AvgIpc) is 2.97. The van der Waals surface area contributed by atoms with E-state index in [1.807, 2.05) is 25.3 Å². The molecule has 0 amide bonds. The summed E-state index contributed by atoms with van der Waals surface area (Å²) in [5, 5.41) is 0. The van der Waals surface area contributed by atoms with Crippen LogP contribution in [0.1, 0.15) is 39.0 Å². The molecule has 0 aliphatic carbocycles. The monoisotopic (exact) mass is 404 g/mol. The van der Waals surface area contributed by atoms with Crippen LogP contribution in [0.2, 0.25) is 0 Å². The molecule has 2 rings (SSSR count). The summed E-state index contributed by atoms with van der Waals surface area (Å²) in [5.41, 5.74) is 2.50. The van der Waals surface area contributed by atoms with Crippen molar-refractivity contribution >= 4 is 21.8 Å². The number of carbonyl (C=O) groups excluding carboxylic acids is 2. The Labute approximate surface area is 165 Å². The maximum Gasteiger partial charge on any atom is 0.338 e. The van der Waals surface area contributed by atoms with Crippen molar-refractivity contribution < 1.29 is 22.7 Å². The molecule has 7 nitrogen and oxygen atoms in total. The molecule has 0 aliphatic heterocycles. The van der Waals surface area contributed by atoms with E-state index in [0.29, 0.717) is 5.56 Å². The fraction of sp³-hybridized carbons (Fsp3) is 0.300. The molecule has 8 heteroatoms. The Morgan fingerprint density at radius 2 is 1.86 bits per heavy atom. The van der Waals surface area contributed by atoms with Crippen molar-refractivity contribution in [3.63, 3.8) is 0 Å². The van der Waals surface area contributed by atoms with Gasteiger partial charge < -0.3 is 9.30 Å². The van der Waals surface area contributed by atoms with Crippen LogP contribution in [-0.2, 0) is 21.3 Å². The van der Waals surface area contributed by atoms with Gasteiger partial charge in [0.1, 0.15) is 0 Å². The van der Waals surface area contributed by atoms with Crippen LogP contribution in [-0.4, -0.2) is 37.9 Å². The Bertz CT molecular complexity index is 988. The number of ketones is 1. The summed E-state index contributed by atoms with van der Waals surface area (Å²) in [6.45, 7) is 9.68. The number of aromatic nitrogens is 1. The smallest absolute Gasteiger partial charge is 0.338 e. The lowest BCUT2D eigenvalue weighted by Gasteiger charge is -2.07. The molecule has 0 radical (unpaired) electrons. The van der Waals surface area contributed by atoms with E-state index >= 15 is 0 Å². The number of rotatable bonds is 9. The molecule has 0 unspecified atom stereocenters. The quantitative estimate of drug-likeness (QED) is 0.394. The van der Waals surface area contributed by atoms with Crippen molar-refractivity contribution in [3.05, 3.63) is 65.5 Å². The fourth-order valence-corrected chi connectivity index (χ4v) is 3.88. The molecular formula is C20H24N2O5S. The van der Waals surface area contributed by atoms with Crippen molar-refractivity contribution in [1.29, 1.82) is 0 Å². The minimum absolute atomic E-state index is 0.0222. The van der Waals surface area contributed by atoms with E-state index in [4.69, 9.17) is 4.74 Å². The van der Waals surface area contributed by atoms with Gasteiger partial charge in [-0.3, -0.25) is 4.79 Å². The first-order chi connectivity index (χ1) is 13.2. The molecule has 150 valence electrons. The molecule has 1 heterocycles. The maximum atomic E-state index is 12.4. The minimum atomic E-state index is -3.67. The second-order valence-electron chi connectivity index (χ2n) is 6.19. The van der Waals surface area contributed by atoms with Gasteiger partial charge >= 0.3 is 5.97 Å². The van der Waals surface area contributed by atoms with Crippen LogP contribution in [0.4, 0.5) is 0 Å². The summed E-state index contributed by atoms with van der Waals surface area (Å²) in [4.78, 5) is 24.6. The standard InChI is InChI=1S/C20H24N2O5S/c1-5-11-21-28(25,26)17-9-7-16(8-10-17)20(24)27-13-19(23)18-12-14(3)22(6-2)15(18)4/h5,7-10,12,21H,1,6,11,13H2,2-4H3. The number of esters is 1. The van der Waals surface area contributed by atoms with Crippen LogP contribution in [0, 0.1) is 13.8 Å². The molecule has 0 spiro atoms. The zero-order valence-corrected chi connectivity index (χ0v) is 17.0. The van der Waals surface area contributed by atoms with E-state index in [-0.39, 0.29) is 29.4 Å². The van der Waals surface area contributed by atoms with Crippen molar-refractivity contribution in [2.75, 3.05) is 13.2 Å². The Kier molecular flexibility index (Phi) is 6.93. The van der Waals surface area contributed by atoms with Crippen LogP contribution < -0.4 is 4.72 Å². The third-order valence-electron chi connectivity index (χ3n) is 4.34. The fourth-order valence-electron chi connectivity index (χ4n) is 2.88. The highest BCUT2D eigenvalue weighted by molar-refractivity contribution is 7.89. The Morgan fingerprint density at radius 3 is 2.39 bits per heavy atom. The number of benzene rings is 1. The molecular weight excluding hydrogens is 380 g/mol. The summed E-state index contributed by atoms with van der Waals surface area (Å²) in [7, 11) is -3.67. The van der Waals surface area contributed by atoms with Crippen molar-refractivity contribution in [2.24, 2.45) is 0 Å². The number of carbonyl (C=O) groups is 2. The highest BCUT2D eigenvalue weighted by Crippen LogP contribution is 2.16.